The van der Waals surface area contributed by atoms with Crippen LogP contribution >= 0.6 is 11.8 Å². The Hall–Kier alpha value is -1.94. The molecular weight excluding hydrogens is 344 g/mol. The van der Waals surface area contributed by atoms with Gasteiger partial charge in [0, 0.05) is 6.42 Å². The fourth-order valence-corrected chi connectivity index (χ4v) is 2.90. The van der Waals surface area contributed by atoms with Crippen molar-refractivity contribution >= 4 is 17.7 Å². The van der Waals surface area contributed by atoms with Crippen molar-refractivity contribution in [1.82, 2.24) is 0 Å². The summed E-state index contributed by atoms with van der Waals surface area (Å²) in [7, 11) is 0. The van der Waals surface area contributed by atoms with Gasteiger partial charge in [-0.15, -0.1) is 11.8 Å². The van der Waals surface area contributed by atoms with Crippen LogP contribution in [0.5, 0.6) is 5.75 Å². The van der Waals surface area contributed by atoms with Crippen LogP contribution in [-0.4, -0.2) is 18.2 Å². The van der Waals surface area contributed by atoms with Gasteiger partial charge in [-0.2, -0.15) is 0 Å². The minimum absolute atomic E-state index is 0.102. The van der Waals surface area contributed by atoms with Crippen LogP contribution in [0.1, 0.15) is 43.2 Å². The molecule has 0 radical (unpaired) electrons. The smallest absolute Gasteiger partial charge is 0.306 e. The Kier molecular flexibility index (Phi) is 9.73. The first-order chi connectivity index (χ1) is 12.8. The number of benzene rings is 2. The number of carbonyl (C=O) groups excluding carboxylic acids is 1. The molecule has 0 unspecified atom stereocenters. The minimum Gasteiger partial charge on any atom is -0.483 e. The first-order valence-corrected chi connectivity index (χ1v) is 10.6. The second-order valence-electron chi connectivity index (χ2n) is 6.26. The van der Waals surface area contributed by atoms with Crippen molar-refractivity contribution in [3.63, 3.8) is 0 Å². The molecule has 0 amide bonds. The Labute approximate surface area is 161 Å². The first-order valence-electron chi connectivity index (χ1n) is 9.18. The lowest BCUT2D eigenvalue weighted by molar-refractivity contribution is -0.145. The maximum absolute atomic E-state index is 11.7. The second-order valence-corrected chi connectivity index (χ2v) is 7.07. The third kappa shape index (κ3) is 8.43. The third-order valence-corrected chi connectivity index (χ3v) is 4.46. The highest BCUT2D eigenvalue weighted by atomic mass is 32.2. The van der Waals surface area contributed by atoms with Crippen LogP contribution < -0.4 is 4.74 Å². The molecule has 0 fully saturated rings. The minimum atomic E-state index is -0.102. The standard InChI is InChI=1S/C22H28O3S/c1-26-18-25-21-15-13-19(14-16-21)9-5-2-3-8-12-22(23)24-17-20-10-6-4-7-11-20/h4,6-7,10-11,13-16H,2-3,5,8-9,12,17-18H2,1H3. The highest BCUT2D eigenvalue weighted by Crippen LogP contribution is 2.16. The van der Waals surface area contributed by atoms with Crippen molar-refractivity contribution in [1.29, 1.82) is 0 Å². The third-order valence-electron chi connectivity index (χ3n) is 4.11. The summed E-state index contributed by atoms with van der Waals surface area (Å²) in [5.74, 6) is 1.51. The predicted molar refractivity (Wildman–Crippen MR) is 108 cm³/mol. The van der Waals surface area contributed by atoms with Crippen molar-refractivity contribution in [2.24, 2.45) is 0 Å². The molecule has 140 valence electrons. The molecule has 0 aliphatic rings. The van der Waals surface area contributed by atoms with Gasteiger partial charge in [-0.3, -0.25) is 4.79 Å². The number of unbranched alkanes of at least 4 members (excludes halogenated alkanes) is 3. The van der Waals surface area contributed by atoms with E-state index in [1.165, 1.54) is 5.56 Å². The Morgan fingerprint density at radius 3 is 2.35 bits per heavy atom. The SMILES string of the molecule is CSCOc1ccc(CCCCCCC(=O)OCc2ccccc2)cc1. The Balaban J connectivity index is 1.50. The van der Waals surface area contributed by atoms with Gasteiger partial charge in [0.2, 0.25) is 0 Å². The van der Waals surface area contributed by atoms with Gasteiger partial charge in [0.15, 0.2) is 0 Å². The summed E-state index contributed by atoms with van der Waals surface area (Å²) in [6.45, 7) is 0.371. The van der Waals surface area contributed by atoms with Crippen LogP contribution in [0.25, 0.3) is 0 Å². The second kappa shape index (κ2) is 12.4. The van der Waals surface area contributed by atoms with E-state index < -0.39 is 0 Å². The fourth-order valence-electron chi connectivity index (χ4n) is 2.64. The van der Waals surface area contributed by atoms with E-state index in [0.717, 1.165) is 43.4 Å². The lowest BCUT2D eigenvalue weighted by Crippen LogP contribution is -2.04. The fraction of sp³-hybridized carbons (Fsp3) is 0.409. The molecule has 0 spiro atoms. The van der Waals surface area contributed by atoms with Crippen molar-refractivity contribution in [3.8, 4) is 5.75 Å². The number of carbonyl (C=O) groups is 1. The largest absolute Gasteiger partial charge is 0.483 e. The zero-order valence-electron chi connectivity index (χ0n) is 15.5. The summed E-state index contributed by atoms with van der Waals surface area (Å²) in [5.41, 5.74) is 2.37. The molecule has 0 atom stereocenters. The van der Waals surface area contributed by atoms with E-state index in [0.29, 0.717) is 19.0 Å². The number of esters is 1. The molecule has 0 N–H and O–H groups in total. The zero-order chi connectivity index (χ0) is 18.5. The van der Waals surface area contributed by atoms with Gasteiger partial charge in [-0.1, -0.05) is 55.3 Å². The maximum Gasteiger partial charge on any atom is 0.306 e. The maximum atomic E-state index is 11.7. The molecule has 0 aliphatic carbocycles. The van der Waals surface area contributed by atoms with E-state index in [4.69, 9.17) is 9.47 Å². The zero-order valence-corrected chi connectivity index (χ0v) is 16.3. The molecule has 0 heterocycles. The molecule has 0 bridgehead atoms. The van der Waals surface area contributed by atoms with Gasteiger partial charge in [-0.25, -0.2) is 0 Å². The van der Waals surface area contributed by atoms with Crippen molar-refractivity contribution in [3.05, 3.63) is 65.7 Å². The Bertz CT molecular complexity index is 626. The number of aryl methyl sites for hydroxylation is 1. The summed E-state index contributed by atoms with van der Waals surface area (Å²) in [6, 6.07) is 18.1. The number of hydrogen-bond acceptors (Lipinski definition) is 4. The highest BCUT2D eigenvalue weighted by molar-refractivity contribution is 7.98. The van der Waals surface area contributed by atoms with E-state index in [2.05, 4.69) is 12.1 Å². The first kappa shape index (κ1) is 20.4. The van der Waals surface area contributed by atoms with Crippen LogP contribution in [0.3, 0.4) is 0 Å². The summed E-state index contributed by atoms with van der Waals surface area (Å²) in [6.07, 6.45) is 7.85. The number of rotatable bonds is 12. The average Bonchev–Trinajstić information content (AvgIpc) is 2.69. The van der Waals surface area contributed by atoms with Crippen LogP contribution in [-0.2, 0) is 22.6 Å². The molecular formula is C22H28O3S. The summed E-state index contributed by atoms with van der Waals surface area (Å²) in [5, 5.41) is 0. The molecule has 2 aromatic carbocycles. The number of hydrogen-bond donors (Lipinski definition) is 0. The van der Waals surface area contributed by atoms with Crippen LogP contribution in [0.4, 0.5) is 0 Å². The van der Waals surface area contributed by atoms with Crippen LogP contribution in [0.2, 0.25) is 0 Å². The molecule has 26 heavy (non-hydrogen) atoms. The molecule has 2 rings (SSSR count). The molecule has 0 aromatic heterocycles. The van der Waals surface area contributed by atoms with E-state index in [1.54, 1.807) is 11.8 Å². The number of thioether (sulfide) groups is 1. The normalized spacial score (nSPS) is 10.5. The molecule has 0 saturated heterocycles. The predicted octanol–water partition coefficient (Wildman–Crippen LogP) is 5.62. The lowest BCUT2D eigenvalue weighted by atomic mass is 10.1. The van der Waals surface area contributed by atoms with Crippen LogP contribution in [0.15, 0.2) is 54.6 Å². The van der Waals surface area contributed by atoms with E-state index in [-0.39, 0.29) is 5.97 Å². The average molecular weight is 373 g/mol. The molecule has 4 heteroatoms. The topological polar surface area (TPSA) is 35.5 Å². The Morgan fingerprint density at radius 1 is 0.885 bits per heavy atom. The van der Waals surface area contributed by atoms with Crippen LogP contribution in [0, 0.1) is 0 Å². The lowest BCUT2D eigenvalue weighted by Gasteiger charge is -2.06. The highest BCUT2D eigenvalue weighted by Gasteiger charge is 2.03. The van der Waals surface area contributed by atoms with Gasteiger partial charge >= 0.3 is 5.97 Å². The molecule has 0 saturated carbocycles. The molecule has 0 aliphatic heterocycles. The van der Waals surface area contributed by atoms with Crippen molar-refractivity contribution < 1.29 is 14.3 Å². The van der Waals surface area contributed by atoms with Crippen molar-refractivity contribution in [2.75, 3.05) is 12.2 Å². The number of ether oxygens (including phenoxy) is 2. The summed E-state index contributed by atoms with van der Waals surface area (Å²) < 4.78 is 10.8. The Morgan fingerprint density at radius 2 is 1.62 bits per heavy atom. The summed E-state index contributed by atoms with van der Waals surface area (Å²) >= 11 is 1.67. The van der Waals surface area contributed by atoms with Gasteiger partial charge in [0.25, 0.3) is 0 Å². The molecule has 2 aromatic rings. The van der Waals surface area contributed by atoms with Crippen molar-refractivity contribution in [2.45, 2.75) is 45.1 Å². The van der Waals surface area contributed by atoms with Gasteiger partial charge < -0.3 is 9.47 Å². The van der Waals surface area contributed by atoms with E-state index >= 15 is 0 Å². The van der Waals surface area contributed by atoms with E-state index in [9.17, 15) is 4.79 Å². The molecule has 3 nitrogen and oxygen atoms in total. The van der Waals surface area contributed by atoms with Gasteiger partial charge in [0.05, 0.1) is 0 Å². The van der Waals surface area contributed by atoms with Gasteiger partial charge in [-0.05, 0) is 48.8 Å². The summed E-state index contributed by atoms with van der Waals surface area (Å²) in [4.78, 5) is 11.7. The van der Waals surface area contributed by atoms with Gasteiger partial charge in [0.1, 0.15) is 18.3 Å². The quantitative estimate of drug-likeness (QED) is 0.275. The van der Waals surface area contributed by atoms with E-state index in [1.807, 2.05) is 48.7 Å². The monoisotopic (exact) mass is 372 g/mol.